The van der Waals surface area contributed by atoms with Gasteiger partial charge in [-0.05, 0) is 36.8 Å². The molecule has 5 rings (SSSR count). The minimum atomic E-state index is -0.570. The zero-order valence-corrected chi connectivity index (χ0v) is 19.1. The molecular formula is C25H28FN3O6. The molecule has 2 fully saturated rings. The molecule has 10 heteroatoms. The smallest absolute Gasteiger partial charge is 0.323 e. The molecule has 3 heterocycles. The Balaban J connectivity index is 1.28. The maximum Gasteiger partial charge on any atom is 0.323 e. The van der Waals surface area contributed by atoms with E-state index in [0.717, 1.165) is 5.56 Å². The Labute approximate surface area is 202 Å². The highest BCUT2D eigenvalue weighted by molar-refractivity contribution is 5.99. The number of amides is 3. The number of ether oxygens (including phenoxy) is 3. The molecule has 3 amide bonds. The number of fused-ring (bicyclic) bond motifs is 3. The van der Waals surface area contributed by atoms with E-state index in [1.165, 1.54) is 12.1 Å². The third kappa shape index (κ3) is 5.09. The number of carbonyl (C=O) groups excluding carboxylic acids is 2. The van der Waals surface area contributed by atoms with Gasteiger partial charge in [0.1, 0.15) is 23.8 Å². The molecule has 0 radical (unpaired) electrons. The average Bonchev–Trinajstić information content (AvgIpc) is 3.23. The maximum atomic E-state index is 13.8. The largest absolute Gasteiger partial charge is 0.487 e. The van der Waals surface area contributed by atoms with Gasteiger partial charge in [0.05, 0.1) is 38.0 Å². The van der Waals surface area contributed by atoms with E-state index >= 15 is 0 Å². The van der Waals surface area contributed by atoms with Gasteiger partial charge >= 0.3 is 6.03 Å². The molecule has 2 aromatic rings. The summed E-state index contributed by atoms with van der Waals surface area (Å²) in [5, 5.41) is 15.2. The Morgan fingerprint density at radius 2 is 1.91 bits per heavy atom. The zero-order chi connectivity index (χ0) is 24.4. The van der Waals surface area contributed by atoms with Crippen molar-refractivity contribution in [2.45, 2.75) is 37.1 Å². The highest BCUT2D eigenvalue weighted by atomic mass is 19.1. The number of aliphatic hydroxyl groups excluding tert-OH is 1. The number of urea groups is 1. The Bertz CT molecular complexity index is 1090. The Morgan fingerprint density at radius 1 is 1.11 bits per heavy atom. The van der Waals surface area contributed by atoms with Crippen LogP contribution in [0.3, 0.4) is 0 Å². The van der Waals surface area contributed by atoms with E-state index in [9.17, 15) is 19.1 Å². The van der Waals surface area contributed by atoms with Crippen LogP contribution in [0.2, 0.25) is 0 Å². The van der Waals surface area contributed by atoms with E-state index < -0.39 is 18.0 Å². The number of carbonyl (C=O) groups is 2. The summed E-state index contributed by atoms with van der Waals surface area (Å²) in [4.78, 5) is 27.0. The van der Waals surface area contributed by atoms with E-state index in [1.807, 2.05) is 6.07 Å². The molecule has 3 aliphatic rings. The van der Waals surface area contributed by atoms with Crippen LogP contribution in [0.5, 0.6) is 5.75 Å². The van der Waals surface area contributed by atoms with Gasteiger partial charge in [0.25, 0.3) is 0 Å². The summed E-state index contributed by atoms with van der Waals surface area (Å²) in [7, 11) is 0. The van der Waals surface area contributed by atoms with Gasteiger partial charge in [0.2, 0.25) is 5.91 Å². The Kier molecular flexibility index (Phi) is 6.85. The van der Waals surface area contributed by atoms with Crippen molar-refractivity contribution in [3.05, 3.63) is 53.8 Å². The topological polar surface area (TPSA) is 109 Å². The van der Waals surface area contributed by atoms with Gasteiger partial charge in [-0.1, -0.05) is 12.1 Å². The number of hydrogen-bond donors (Lipinski definition) is 3. The standard InChI is InChI=1S/C25H28FN3O6/c26-19-3-1-2-4-20(19)28-25(32)27-15-5-6-21-17(11-15)18-12-16(34-22(14-30)24(18)35-21)13-23(31)29-7-9-33-10-8-29/h1-6,11,16,18,22,24,30H,7-10,12-14H2,(H2,27,28,32)/t16-,18-,22-,24+/m0/s1. The van der Waals surface area contributed by atoms with Crippen LogP contribution in [-0.4, -0.2) is 73.2 Å². The molecule has 35 heavy (non-hydrogen) atoms. The molecule has 0 bridgehead atoms. The SMILES string of the molecule is O=C(Nc1ccc2c(c1)[C@@H]1C[C@@H](CC(=O)N3CCOCC3)O[C@@H](CO)[C@@H]1O2)Nc1ccccc1F. The number of nitrogens with one attached hydrogen (secondary N) is 2. The van der Waals surface area contributed by atoms with Crippen LogP contribution in [0.15, 0.2) is 42.5 Å². The van der Waals surface area contributed by atoms with E-state index in [0.29, 0.717) is 44.2 Å². The van der Waals surface area contributed by atoms with Gasteiger partial charge in [-0.15, -0.1) is 0 Å². The van der Waals surface area contributed by atoms with Crippen LogP contribution in [0, 0.1) is 5.82 Å². The van der Waals surface area contributed by atoms with E-state index in [-0.39, 0.29) is 42.7 Å². The van der Waals surface area contributed by atoms with Crippen molar-refractivity contribution >= 4 is 23.3 Å². The van der Waals surface area contributed by atoms with Crippen molar-refractivity contribution in [3.63, 3.8) is 0 Å². The van der Waals surface area contributed by atoms with E-state index in [2.05, 4.69) is 10.6 Å². The van der Waals surface area contributed by atoms with Gasteiger partial charge in [-0.2, -0.15) is 0 Å². The molecule has 2 aromatic carbocycles. The maximum absolute atomic E-state index is 13.8. The lowest BCUT2D eigenvalue weighted by Gasteiger charge is -2.38. The molecule has 2 saturated heterocycles. The minimum absolute atomic E-state index is 0.00723. The molecule has 0 spiro atoms. The van der Waals surface area contributed by atoms with Crippen molar-refractivity contribution in [2.75, 3.05) is 43.5 Å². The summed E-state index contributed by atoms with van der Waals surface area (Å²) in [6.07, 6.45) is -0.538. The molecule has 4 atom stereocenters. The number of hydrogen-bond acceptors (Lipinski definition) is 6. The Hall–Kier alpha value is -3.21. The first-order valence-electron chi connectivity index (χ1n) is 11.8. The van der Waals surface area contributed by atoms with Crippen molar-refractivity contribution in [1.82, 2.24) is 4.90 Å². The summed E-state index contributed by atoms with van der Waals surface area (Å²) < 4.78 is 31.3. The highest BCUT2D eigenvalue weighted by Gasteiger charge is 2.46. The summed E-state index contributed by atoms with van der Waals surface area (Å²) in [5.74, 6) is 0.0348. The molecule has 0 aromatic heterocycles. The first-order valence-corrected chi connectivity index (χ1v) is 11.8. The number of anilines is 2. The highest BCUT2D eigenvalue weighted by Crippen LogP contribution is 2.47. The van der Waals surface area contributed by atoms with Crippen molar-refractivity contribution in [1.29, 1.82) is 0 Å². The molecule has 0 unspecified atom stereocenters. The number of halogens is 1. The van der Waals surface area contributed by atoms with Crippen LogP contribution < -0.4 is 15.4 Å². The summed E-state index contributed by atoms with van der Waals surface area (Å²) in [5.41, 5.74) is 1.48. The number of benzene rings is 2. The normalized spacial score (nSPS) is 25.3. The van der Waals surface area contributed by atoms with Crippen LogP contribution in [0.4, 0.5) is 20.6 Å². The molecule has 186 valence electrons. The van der Waals surface area contributed by atoms with Gasteiger partial charge in [0.15, 0.2) is 0 Å². The number of morpholine rings is 1. The van der Waals surface area contributed by atoms with E-state index in [4.69, 9.17) is 14.2 Å². The van der Waals surface area contributed by atoms with Crippen LogP contribution in [-0.2, 0) is 14.3 Å². The lowest BCUT2D eigenvalue weighted by Crippen LogP contribution is -2.48. The fourth-order valence-electron chi connectivity index (χ4n) is 4.95. The van der Waals surface area contributed by atoms with Gasteiger partial charge in [-0.25, -0.2) is 9.18 Å². The van der Waals surface area contributed by atoms with Crippen molar-refractivity contribution in [2.24, 2.45) is 0 Å². The number of nitrogens with zero attached hydrogens (tertiary/aromatic N) is 1. The second-order valence-electron chi connectivity index (χ2n) is 8.91. The third-order valence-electron chi connectivity index (χ3n) is 6.65. The first-order chi connectivity index (χ1) is 17.0. The molecule has 3 aliphatic heterocycles. The van der Waals surface area contributed by atoms with Crippen molar-refractivity contribution in [3.8, 4) is 5.75 Å². The average molecular weight is 486 g/mol. The quantitative estimate of drug-likeness (QED) is 0.601. The van der Waals surface area contributed by atoms with Gasteiger partial charge in [-0.3, -0.25) is 4.79 Å². The summed E-state index contributed by atoms with van der Waals surface area (Å²) >= 11 is 0. The van der Waals surface area contributed by atoms with Gasteiger partial charge < -0.3 is 34.9 Å². The lowest BCUT2D eigenvalue weighted by atomic mass is 9.84. The number of rotatable bonds is 5. The zero-order valence-electron chi connectivity index (χ0n) is 19.1. The predicted octanol–water partition coefficient (Wildman–Crippen LogP) is 2.71. The molecule has 3 N–H and O–H groups in total. The van der Waals surface area contributed by atoms with E-state index in [1.54, 1.807) is 29.2 Å². The second-order valence-corrected chi connectivity index (χ2v) is 8.91. The molecular weight excluding hydrogens is 457 g/mol. The summed E-state index contributed by atoms with van der Waals surface area (Å²) in [6.45, 7) is 1.97. The summed E-state index contributed by atoms with van der Waals surface area (Å²) in [6, 6.07) is 10.6. The number of para-hydroxylation sites is 1. The molecule has 0 aliphatic carbocycles. The van der Waals surface area contributed by atoms with Crippen LogP contribution in [0.25, 0.3) is 0 Å². The predicted molar refractivity (Wildman–Crippen MR) is 125 cm³/mol. The minimum Gasteiger partial charge on any atom is -0.487 e. The monoisotopic (exact) mass is 485 g/mol. The lowest BCUT2D eigenvalue weighted by molar-refractivity contribution is -0.151. The van der Waals surface area contributed by atoms with Crippen LogP contribution >= 0.6 is 0 Å². The fraction of sp³-hybridized carbons (Fsp3) is 0.440. The van der Waals surface area contributed by atoms with Gasteiger partial charge in [0, 0.05) is 30.3 Å². The van der Waals surface area contributed by atoms with Crippen molar-refractivity contribution < 1.29 is 33.3 Å². The first kappa shape index (κ1) is 23.5. The molecule has 0 saturated carbocycles. The fourth-order valence-corrected chi connectivity index (χ4v) is 4.95. The second kappa shape index (κ2) is 10.2. The Morgan fingerprint density at radius 3 is 2.69 bits per heavy atom. The van der Waals surface area contributed by atoms with Crippen LogP contribution in [0.1, 0.15) is 24.3 Å². The third-order valence-corrected chi connectivity index (χ3v) is 6.65. The molecule has 9 nitrogen and oxygen atoms in total. The number of aliphatic hydroxyl groups is 1.